The maximum Gasteiger partial charge on any atom is 0.193 e. The van der Waals surface area contributed by atoms with Gasteiger partial charge in [0.25, 0.3) is 0 Å². The molecule has 0 aliphatic carbocycles. The van der Waals surface area contributed by atoms with Crippen LogP contribution in [0, 0.1) is 0 Å². The smallest absolute Gasteiger partial charge is 0.193 e. The summed E-state index contributed by atoms with van der Waals surface area (Å²) >= 11 is 2.03. The van der Waals surface area contributed by atoms with Crippen molar-refractivity contribution in [1.29, 1.82) is 0 Å². The molecule has 7 heteroatoms. The van der Waals surface area contributed by atoms with Gasteiger partial charge in [0.05, 0.1) is 13.2 Å². The van der Waals surface area contributed by atoms with Crippen molar-refractivity contribution >= 4 is 41.7 Å². The largest absolute Gasteiger partial charge is 0.490 e. The van der Waals surface area contributed by atoms with Crippen molar-refractivity contribution in [2.75, 3.05) is 39.1 Å². The van der Waals surface area contributed by atoms with Gasteiger partial charge in [0.2, 0.25) is 0 Å². The quantitative estimate of drug-likeness (QED) is 0.402. The molecule has 1 saturated heterocycles. The van der Waals surface area contributed by atoms with Crippen LogP contribution in [0.25, 0.3) is 0 Å². The Balaban J connectivity index is 0.00000225. The molecular formula is C18H28IN3O2S. The molecule has 1 N–H and O–H groups in total. The van der Waals surface area contributed by atoms with Gasteiger partial charge in [-0.2, -0.15) is 11.8 Å². The van der Waals surface area contributed by atoms with Gasteiger partial charge in [-0.25, -0.2) is 0 Å². The molecule has 2 aliphatic heterocycles. The highest BCUT2D eigenvalue weighted by Gasteiger charge is 2.28. The minimum atomic E-state index is 0. The summed E-state index contributed by atoms with van der Waals surface area (Å²) in [5.41, 5.74) is 1.17. The van der Waals surface area contributed by atoms with Gasteiger partial charge in [0.1, 0.15) is 0 Å². The van der Waals surface area contributed by atoms with Crippen LogP contribution < -0.4 is 14.8 Å². The lowest BCUT2D eigenvalue weighted by atomic mass is 10.2. The highest BCUT2D eigenvalue weighted by atomic mass is 127. The molecule has 0 atom stereocenters. The third-order valence-corrected chi connectivity index (χ3v) is 5.50. The number of hydrogen-bond donors (Lipinski definition) is 1. The van der Waals surface area contributed by atoms with Crippen LogP contribution in [0.3, 0.4) is 0 Å². The molecule has 2 heterocycles. The van der Waals surface area contributed by atoms with Crippen molar-refractivity contribution in [2.24, 2.45) is 4.99 Å². The average molecular weight is 477 g/mol. The summed E-state index contributed by atoms with van der Waals surface area (Å²) in [6, 6.07) is 6.15. The van der Waals surface area contributed by atoms with Crippen molar-refractivity contribution in [1.82, 2.24) is 10.2 Å². The Bertz CT molecular complexity index is 610. The lowest BCUT2D eigenvalue weighted by molar-refractivity contribution is 0.297. The molecule has 140 valence electrons. The molecule has 1 aromatic carbocycles. The fraction of sp³-hybridized carbons (Fsp3) is 0.611. The Labute approximate surface area is 171 Å². The van der Waals surface area contributed by atoms with Crippen LogP contribution in [-0.2, 0) is 6.54 Å². The number of ether oxygens (including phenoxy) is 2. The zero-order valence-corrected chi connectivity index (χ0v) is 18.4. The second-order valence-corrected chi connectivity index (χ2v) is 8.56. The number of fused-ring (bicyclic) bond motifs is 1. The van der Waals surface area contributed by atoms with Crippen LogP contribution in [0.1, 0.15) is 25.8 Å². The zero-order chi connectivity index (χ0) is 17.0. The van der Waals surface area contributed by atoms with Crippen LogP contribution in [-0.4, -0.2) is 54.7 Å². The Morgan fingerprint density at radius 1 is 1.28 bits per heavy atom. The Morgan fingerprint density at radius 2 is 2.04 bits per heavy atom. The number of rotatable bonds is 2. The van der Waals surface area contributed by atoms with E-state index in [4.69, 9.17) is 9.47 Å². The third kappa shape index (κ3) is 5.57. The van der Waals surface area contributed by atoms with Crippen molar-refractivity contribution in [3.05, 3.63) is 23.8 Å². The Kier molecular flexibility index (Phi) is 7.54. The molecule has 0 amide bonds. The topological polar surface area (TPSA) is 46.1 Å². The fourth-order valence-electron chi connectivity index (χ4n) is 3.03. The molecule has 1 fully saturated rings. The minimum Gasteiger partial charge on any atom is -0.490 e. The number of benzene rings is 1. The van der Waals surface area contributed by atoms with Crippen molar-refractivity contribution in [3.63, 3.8) is 0 Å². The number of aliphatic imine (C=N–C) groups is 1. The standard InChI is InChI=1S/C18H27N3O2S.HI/c1-18(2)13-21(7-10-24-18)17(19-3)20-12-14-5-6-15-16(11-14)23-9-4-8-22-15;/h5-6,11H,4,7-10,12-13H2,1-3H3,(H,19,20);1H. The van der Waals surface area contributed by atoms with Gasteiger partial charge in [-0.3, -0.25) is 4.99 Å². The molecule has 2 aliphatic rings. The maximum absolute atomic E-state index is 5.77. The molecule has 0 bridgehead atoms. The summed E-state index contributed by atoms with van der Waals surface area (Å²) in [5, 5.41) is 3.49. The van der Waals surface area contributed by atoms with Crippen molar-refractivity contribution < 1.29 is 9.47 Å². The van der Waals surface area contributed by atoms with Gasteiger partial charge in [-0.05, 0) is 31.5 Å². The summed E-state index contributed by atoms with van der Waals surface area (Å²) < 4.78 is 11.7. The lowest BCUT2D eigenvalue weighted by Gasteiger charge is -2.39. The van der Waals surface area contributed by atoms with Gasteiger partial charge in [0.15, 0.2) is 17.5 Å². The second kappa shape index (κ2) is 9.21. The summed E-state index contributed by atoms with van der Waals surface area (Å²) in [6.07, 6.45) is 0.928. The maximum atomic E-state index is 5.77. The highest BCUT2D eigenvalue weighted by molar-refractivity contribution is 14.0. The normalized spacial score (nSPS) is 19.6. The Morgan fingerprint density at radius 3 is 2.76 bits per heavy atom. The van der Waals surface area contributed by atoms with Crippen molar-refractivity contribution in [2.45, 2.75) is 31.6 Å². The molecule has 5 nitrogen and oxygen atoms in total. The molecule has 0 unspecified atom stereocenters. The van der Waals surface area contributed by atoms with Gasteiger partial charge in [0, 0.05) is 43.6 Å². The number of halogens is 1. The van der Waals surface area contributed by atoms with Crippen LogP contribution in [0.15, 0.2) is 23.2 Å². The molecule has 0 spiro atoms. The number of guanidine groups is 1. The predicted molar refractivity (Wildman–Crippen MR) is 116 cm³/mol. The highest BCUT2D eigenvalue weighted by Crippen LogP contribution is 2.31. The molecule has 0 radical (unpaired) electrons. The summed E-state index contributed by atoms with van der Waals surface area (Å²) in [7, 11) is 1.85. The second-order valence-electron chi connectivity index (χ2n) is 6.76. The first-order valence-electron chi connectivity index (χ1n) is 8.55. The number of nitrogens with one attached hydrogen (secondary N) is 1. The molecule has 0 aromatic heterocycles. The SMILES string of the molecule is CN=C(NCc1ccc2c(c1)OCCCO2)N1CCSC(C)(C)C1.I. The summed E-state index contributed by atoms with van der Waals surface area (Å²) in [6.45, 7) is 8.80. The van der Waals surface area contributed by atoms with Gasteiger partial charge in [-0.1, -0.05) is 6.07 Å². The van der Waals surface area contributed by atoms with E-state index in [-0.39, 0.29) is 28.7 Å². The van der Waals surface area contributed by atoms with E-state index in [1.807, 2.05) is 24.9 Å². The van der Waals surface area contributed by atoms with E-state index in [1.54, 1.807) is 0 Å². The summed E-state index contributed by atoms with van der Waals surface area (Å²) in [5.74, 6) is 3.79. The zero-order valence-electron chi connectivity index (χ0n) is 15.2. The van der Waals surface area contributed by atoms with E-state index in [9.17, 15) is 0 Å². The van der Waals surface area contributed by atoms with Crippen LogP contribution in [0.2, 0.25) is 0 Å². The molecular weight excluding hydrogens is 449 g/mol. The van der Waals surface area contributed by atoms with Crippen molar-refractivity contribution in [3.8, 4) is 11.5 Å². The average Bonchev–Trinajstić information content (AvgIpc) is 2.79. The van der Waals surface area contributed by atoms with Gasteiger partial charge >= 0.3 is 0 Å². The van der Waals surface area contributed by atoms with E-state index in [0.29, 0.717) is 6.61 Å². The number of hydrogen-bond acceptors (Lipinski definition) is 4. The van der Waals surface area contributed by atoms with E-state index in [1.165, 1.54) is 5.56 Å². The third-order valence-electron chi connectivity index (χ3n) is 4.20. The summed E-state index contributed by atoms with van der Waals surface area (Å²) in [4.78, 5) is 6.81. The first-order valence-corrected chi connectivity index (χ1v) is 9.54. The van der Waals surface area contributed by atoms with E-state index >= 15 is 0 Å². The van der Waals surface area contributed by atoms with Gasteiger partial charge < -0.3 is 19.7 Å². The number of thioether (sulfide) groups is 1. The van der Waals surface area contributed by atoms with Gasteiger partial charge in [-0.15, -0.1) is 24.0 Å². The number of nitrogens with zero attached hydrogens (tertiary/aromatic N) is 2. The molecule has 25 heavy (non-hydrogen) atoms. The molecule has 0 saturated carbocycles. The fourth-order valence-corrected chi connectivity index (χ4v) is 4.14. The Hall–Kier alpha value is -0.830. The molecule has 3 rings (SSSR count). The first-order chi connectivity index (χ1) is 11.6. The van der Waals surface area contributed by atoms with E-state index in [2.05, 4.69) is 41.2 Å². The lowest BCUT2D eigenvalue weighted by Crippen LogP contribution is -2.50. The van der Waals surface area contributed by atoms with Crippen LogP contribution in [0.5, 0.6) is 11.5 Å². The first kappa shape index (κ1) is 20.5. The van der Waals surface area contributed by atoms with E-state index in [0.717, 1.165) is 55.9 Å². The van der Waals surface area contributed by atoms with Crippen LogP contribution in [0.4, 0.5) is 0 Å². The minimum absolute atomic E-state index is 0. The predicted octanol–water partition coefficient (Wildman–Crippen LogP) is 3.37. The molecule has 1 aromatic rings. The van der Waals surface area contributed by atoms with E-state index < -0.39 is 0 Å². The monoisotopic (exact) mass is 477 g/mol. The van der Waals surface area contributed by atoms with Crippen LogP contribution >= 0.6 is 35.7 Å².